The molecule has 0 aromatic rings. The fourth-order valence-electron chi connectivity index (χ4n) is 0.345. The number of rotatable bonds is 2. The minimum Gasteiger partial charge on any atom is -0.280 e. The van der Waals surface area contributed by atoms with Gasteiger partial charge in [0.1, 0.15) is 0 Å². The van der Waals surface area contributed by atoms with Crippen molar-refractivity contribution in [1.29, 1.82) is 0 Å². The van der Waals surface area contributed by atoms with Gasteiger partial charge < -0.3 is 0 Å². The topological polar surface area (TPSA) is 20.3 Å². The van der Waals surface area contributed by atoms with Gasteiger partial charge in [-0.3, -0.25) is 7.91 Å². The molecule has 0 aliphatic heterocycles. The highest BCUT2D eigenvalue weighted by Crippen LogP contribution is 2.05. The Labute approximate surface area is 67.9 Å². The summed E-state index contributed by atoms with van der Waals surface area (Å²) in [5.41, 5.74) is 0. The SMILES string of the molecule is CC(C)N(I)C(=O)CF. The fourth-order valence-corrected chi connectivity index (χ4v) is 0.474. The molecule has 0 heterocycles. The number of hydrogen-bond donors (Lipinski definition) is 0. The molecule has 0 aliphatic carbocycles. The number of carbonyl (C=O) groups excluding carboxylic acids is 1. The molecule has 1 amide bonds. The average molecular weight is 245 g/mol. The molecule has 0 atom stereocenters. The molecule has 0 saturated carbocycles. The van der Waals surface area contributed by atoms with Crippen LogP contribution in [0, 0.1) is 0 Å². The van der Waals surface area contributed by atoms with Crippen molar-refractivity contribution in [3.63, 3.8) is 0 Å². The Hall–Kier alpha value is 0.130. The van der Waals surface area contributed by atoms with Crippen LogP contribution in [0.2, 0.25) is 0 Å². The van der Waals surface area contributed by atoms with Crippen molar-refractivity contribution in [1.82, 2.24) is 3.11 Å². The zero-order chi connectivity index (χ0) is 7.44. The second-order valence-corrected chi connectivity index (χ2v) is 2.97. The van der Waals surface area contributed by atoms with Crippen molar-refractivity contribution in [3.05, 3.63) is 0 Å². The smallest absolute Gasteiger partial charge is 0.262 e. The Kier molecular flexibility index (Phi) is 4.09. The van der Waals surface area contributed by atoms with Crippen LogP contribution < -0.4 is 0 Å². The molecular formula is C5H9FINO. The number of halogens is 2. The van der Waals surface area contributed by atoms with Gasteiger partial charge in [-0.05, 0) is 13.8 Å². The number of hydrogen-bond acceptors (Lipinski definition) is 1. The van der Waals surface area contributed by atoms with Crippen LogP contribution in [-0.4, -0.2) is 21.7 Å². The summed E-state index contributed by atoms with van der Waals surface area (Å²) >= 11 is 1.80. The normalized spacial score (nSPS) is 9.89. The molecule has 0 aliphatic rings. The minimum absolute atomic E-state index is 0.0776. The molecule has 0 radical (unpaired) electrons. The Morgan fingerprint density at radius 3 is 2.33 bits per heavy atom. The molecule has 0 saturated heterocycles. The molecule has 0 aromatic carbocycles. The van der Waals surface area contributed by atoms with Crippen LogP contribution in [0.15, 0.2) is 0 Å². The molecule has 0 rings (SSSR count). The summed E-state index contributed by atoms with van der Waals surface area (Å²) in [6.07, 6.45) is 0. The largest absolute Gasteiger partial charge is 0.280 e. The van der Waals surface area contributed by atoms with Crippen LogP contribution in [0.1, 0.15) is 13.8 Å². The maximum absolute atomic E-state index is 11.6. The molecular weight excluding hydrogens is 236 g/mol. The molecule has 0 fully saturated rings. The second-order valence-electron chi connectivity index (χ2n) is 1.93. The zero-order valence-electron chi connectivity index (χ0n) is 5.40. The van der Waals surface area contributed by atoms with Crippen molar-refractivity contribution in [2.75, 3.05) is 6.67 Å². The summed E-state index contributed by atoms with van der Waals surface area (Å²) in [7, 11) is 0. The summed E-state index contributed by atoms with van der Waals surface area (Å²) in [6.45, 7) is 2.76. The zero-order valence-corrected chi connectivity index (χ0v) is 7.55. The van der Waals surface area contributed by atoms with E-state index in [2.05, 4.69) is 0 Å². The Bertz CT molecular complexity index is 107. The van der Waals surface area contributed by atoms with E-state index >= 15 is 0 Å². The van der Waals surface area contributed by atoms with Crippen LogP contribution in [-0.2, 0) is 4.79 Å². The van der Waals surface area contributed by atoms with E-state index in [0.717, 1.165) is 0 Å². The van der Waals surface area contributed by atoms with Crippen molar-refractivity contribution in [3.8, 4) is 0 Å². The summed E-state index contributed by atoms with van der Waals surface area (Å²) in [5, 5.41) is 0. The summed E-state index contributed by atoms with van der Waals surface area (Å²) in [4.78, 5) is 10.5. The van der Waals surface area contributed by atoms with E-state index in [9.17, 15) is 9.18 Å². The minimum atomic E-state index is -0.902. The van der Waals surface area contributed by atoms with E-state index in [-0.39, 0.29) is 6.04 Å². The van der Waals surface area contributed by atoms with E-state index in [1.54, 1.807) is 22.9 Å². The molecule has 4 heteroatoms. The van der Waals surface area contributed by atoms with Crippen LogP contribution in [0.3, 0.4) is 0 Å². The van der Waals surface area contributed by atoms with E-state index in [1.165, 1.54) is 3.11 Å². The fraction of sp³-hybridized carbons (Fsp3) is 0.800. The van der Waals surface area contributed by atoms with E-state index in [0.29, 0.717) is 0 Å². The first-order chi connectivity index (χ1) is 4.09. The third kappa shape index (κ3) is 2.98. The van der Waals surface area contributed by atoms with E-state index in [4.69, 9.17) is 0 Å². The van der Waals surface area contributed by atoms with E-state index < -0.39 is 12.6 Å². The van der Waals surface area contributed by atoms with Crippen molar-refractivity contribution in [2.45, 2.75) is 19.9 Å². The highest BCUT2D eigenvalue weighted by Gasteiger charge is 2.11. The van der Waals surface area contributed by atoms with Gasteiger partial charge in [0.2, 0.25) is 0 Å². The molecule has 0 spiro atoms. The highest BCUT2D eigenvalue weighted by molar-refractivity contribution is 14.1. The Morgan fingerprint density at radius 2 is 2.22 bits per heavy atom. The van der Waals surface area contributed by atoms with Gasteiger partial charge in [0.05, 0.1) is 22.9 Å². The van der Waals surface area contributed by atoms with Crippen LogP contribution in [0.25, 0.3) is 0 Å². The third-order valence-electron chi connectivity index (χ3n) is 0.806. The summed E-state index contributed by atoms with van der Waals surface area (Å²) in [6, 6.07) is 0.0776. The quantitative estimate of drug-likeness (QED) is 0.533. The summed E-state index contributed by atoms with van der Waals surface area (Å²) < 4.78 is 12.9. The molecule has 2 nitrogen and oxygen atoms in total. The van der Waals surface area contributed by atoms with Crippen molar-refractivity contribution >= 4 is 28.8 Å². The first-order valence-electron chi connectivity index (χ1n) is 2.63. The molecule has 0 aromatic heterocycles. The Morgan fingerprint density at radius 1 is 1.78 bits per heavy atom. The number of amides is 1. The average Bonchev–Trinajstić information content (AvgIpc) is 1.84. The summed E-state index contributed by atoms with van der Waals surface area (Å²) in [5.74, 6) is -0.467. The van der Waals surface area contributed by atoms with Gasteiger partial charge in [-0.2, -0.15) is 0 Å². The lowest BCUT2D eigenvalue weighted by molar-refractivity contribution is -0.126. The van der Waals surface area contributed by atoms with Gasteiger partial charge in [-0.1, -0.05) is 0 Å². The second kappa shape index (κ2) is 4.03. The van der Waals surface area contributed by atoms with Gasteiger partial charge in [0.15, 0.2) is 6.67 Å². The van der Waals surface area contributed by atoms with Gasteiger partial charge in [0.25, 0.3) is 5.91 Å². The lowest BCUT2D eigenvalue weighted by atomic mass is 10.4. The predicted molar refractivity (Wildman–Crippen MR) is 42.0 cm³/mol. The number of alkyl halides is 1. The van der Waals surface area contributed by atoms with Gasteiger partial charge >= 0.3 is 0 Å². The molecule has 54 valence electrons. The third-order valence-corrected chi connectivity index (χ3v) is 2.46. The van der Waals surface area contributed by atoms with Crippen molar-refractivity contribution in [2.24, 2.45) is 0 Å². The van der Waals surface area contributed by atoms with Crippen LogP contribution >= 0.6 is 22.9 Å². The van der Waals surface area contributed by atoms with Gasteiger partial charge in [-0.25, -0.2) is 4.39 Å². The standard InChI is InChI=1S/C5H9FINO/c1-4(2)8(7)5(9)3-6/h4H,3H2,1-2H3. The van der Waals surface area contributed by atoms with Gasteiger partial charge in [-0.15, -0.1) is 0 Å². The lowest BCUT2D eigenvalue weighted by Crippen LogP contribution is -2.28. The predicted octanol–water partition coefficient (Wildman–Crippen LogP) is 1.54. The van der Waals surface area contributed by atoms with Gasteiger partial charge in [0, 0.05) is 6.04 Å². The maximum Gasteiger partial charge on any atom is 0.262 e. The highest BCUT2D eigenvalue weighted by atomic mass is 127. The molecule has 0 bridgehead atoms. The van der Waals surface area contributed by atoms with Crippen LogP contribution in [0.4, 0.5) is 4.39 Å². The van der Waals surface area contributed by atoms with Crippen LogP contribution in [0.5, 0.6) is 0 Å². The first kappa shape index (κ1) is 9.13. The first-order valence-corrected chi connectivity index (χ1v) is 3.60. The molecule has 0 N–H and O–H groups in total. The number of carbonyl (C=O) groups is 1. The molecule has 9 heavy (non-hydrogen) atoms. The maximum atomic E-state index is 11.6. The van der Waals surface area contributed by atoms with E-state index in [1.807, 2.05) is 13.8 Å². The van der Waals surface area contributed by atoms with Crippen molar-refractivity contribution < 1.29 is 9.18 Å². The lowest BCUT2D eigenvalue weighted by Gasteiger charge is -2.16. The monoisotopic (exact) mass is 245 g/mol. The number of nitrogens with zero attached hydrogens (tertiary/aromatic N) is 1. The Balaban J connectivity index is 3.72. The molecule has 0 unspecified atom stereocenters.